The number of hydroxylamine groups is 1. The summed E-state index contributed by atoms with van der Waals surface area (Å²) in [6.45, 7) is 7.17. The van der Waals surface area contributed by atoms with E-state index in [9.17, 15) is 4.79 Å². The van der Waals surface area contributed by atoms with E-state index in [1.165, 1.54) is 0 Å². The summed E-state index contributed by atoms with van der Waals surface area (Å²) in [7, 11) is 0. The molecule has 1 N–H and O–H groups in total. The molecule has 0 aromatic carbocycles. The molecular weight excluding hydrogens is 178 g/mol. The standard InChI is InChI=1S/C11H23NO2/c1-4-11(5-2,6-3)14-12-9-7-8-10-13/h10,12H,4-9H2,1-3H3. The molecule has 0 amide bonds. The van der Waals surface area contributed by atoms with Crippen LogP contribution < -0.4 is 5.48 Å². The summed E-state index contributed by atoms with van der Waals surface area (Å²) in [6.07, 6.45) is 5.43. The van der Waals surface area contributed by atoms with Gasteiger partial charge in [0.25, 0.3) is 0 Å². The second kappa shape index (κ2) is 7.94. The highest BCUT2D eigenvalue weighted by molar-refractivity contribution is 5.48. The van der Waals surface area contributed by atoms with Crippen LogP contribution in [0.5, 0.6) is 0 Å². The molecule has 0 saturated carbocycles. The summed E-state index contributed by atoms with van der Waals surface area (Å²) >= 11 is 0. The highest BCUT2D eigenvalue weighted by Crippen LogP contribution is 2.22. The molecule has 0 heterocycles. The van der Waals surface area contributed by atoms with Gasteiger partial charge in [-0.3, -0.25) is 4.84 Å². The van der Waals surface area contributed by atoms with Gasteiger partial charge in [0.1, 0.15) is 6.29 Å². The summed E-state index contributed by atoms with van der Waals surface area (Å²) in [5.74, 6) is 0. The Balaban J connectivity index is 3.65. The van der Waals surface area contributed by atoms with Crippen molar-refractivity contribution in [2.45, 2.75) is 58.5 Å². The first kappa shape index (κ1) is 13.6. The lowest BCUT2D eigenvalue weighted by Gasteiger charge is -2.30. The number of hydrogen-bond acceptors (Lipinski definition) is 3. The molecule has 0 atom stereocenters. The fraction of sp³-hybridized carbons (Fsp3) is 0.909. The van der Waals surface area contributed by atoms with Crippen LogP contribution in [0, 0.1) is 0 Å². The molecule has 14 heavy (non-hydrogen) atoms. The summed E-state index contributed by atoms with van der Waals surface area (Å²) < 4.78 is 0. The number of hydrogen-bond donors (Lipinski definition) is 1. The largest absolute Gasteiger partial charge is 0.303 e. The molecule has 84 valence electrons. The van der Waals surface area contributed by atoms with E-state index in [0.717, 1.165) is 38.5 Å². The first-order valence-corrected chi connectivity index (χ1v) is 5.59. The molecule has 0 aromatic rings. The van der Waals surface area contributed by atoms with E-state index >= 15 is 0 Å². The highest BCUT2D eigenvalue weighted by atomic mass is 16.7. The van der Waals surface area contributed by atoms with E-state index < -0.39 is 0 Å². The monoisotopic (exact) mass is 201 g/mol. The quantitative estimate of drug-likeness (QED) is 0.354. The first-order chi connectivity index (χ1) is 6.74. The lowest BCUT2D eigenvalue weighted by atomic mass is 9.94. The molecule has 0 spiro atoms. The minimum atomic E-state index is -0.0266. The zero-order chi connectivity index (χ0) is 10.9. The molecule has 3 nitrogen and oxygen atoms in total. The zero-order valence-electron chi connectivity index (χ0n) is 9.64. The average Bonchev–Trinajstić information content (AvgIpc) is 2.24. The van der Waals surface area contributed by atoms with E-state index in [1.54, 1.807) is 0 Å². The van der Waals surface area contributed by atoms with Gasteiger partial charge in [-0.05, 0) is 25.7 Å². The molecule has 0 aliphatic rings. The van der Waals surface area contributed by atoms with Gasteiger partial charge in [0.15, 0.2) is 0 Å². The van der Waals surface area contributed by atoms with Gasteiger partial charge in [0.05, 0.1) is 5.60 Å². The Hall–Kier alpha value is -0.410. The summed E-state index contributed by atoms with van der Waals surface area (Å²) in [4.78, 5) is 15.7. The van der Waals surface area contributed by atoms with Crippen LogP contribution in [0.1, 0.15) is 52.9 Å². The van der Waals surface area contributed by atoms with Gasteiger partial charge in [-0.25, -0.2) is 5.48 Å². The van der Waals surface area contributed by atoms with E-state index in [2.05, 4.69) is 26.3 Å². The van der Waals surface area contributed by atoms with Crippen LogP contribution in [0.3, 0.4) is 0 Å². The van der Waals surface area contributed by atoms with Gasteiger partial charge < -0.3 is 4.79 Å². The molecule has 3 heteroatoms. The fourth-order valence-corrected chi connectivity index (χ4v) is 1.43. The predicted octanol–water partition coefficient (Wildman–Crippen LogP) is 2.46. The van der Waals surface area contributed by atoms with Crippen molar-refractivity contribution in [3.63, 3.8) is 0 Å². The van der Waals surface area contributed by atoms with Crippen molar-refractivity contribution in [1.29, 1.82) is 0 Å². The third-order valence-corrected chi connectivity index (χ3v) is 2.82. The minimum Gasteiger partial charge on any atom is -0.303 e. The maximum absolute atomic E-state index is 10.1. The van der Waals surface area contributed by atoms with Crippen molar-refractivity contribution < 1.29 is 9.63 Å². The van der Waals surface area contributed by atoms with Gasteiger partial charge in [-0.1, -0.05) is 20.8 Å². The molecule has 0 saturated heterocycles. The fourth-order valence-electron chi connectivity index (χ4n) is 1.43. The molecule has 0 bridgehead atoms. The van der Waals surface area contributed by atoms with Gasteiger partial charge in [-0.15, -0.1) is 0 Å². The summed E-state index contributed by atoms with van der Waals surface area (Å²) in [6, 6.07) is 0. The van der Waals surface area contributed by atoms with Gasteiger partial charge in [0.2, 0.25) is 0 Å². The van der Waals surface area contributed by atoms with Gasteiger partial charge in [0, 0.05) is 13.0 Å². The highest BCUT2D eigenvalue weighted by Gasteiger charge is 2.24. The zero-order valence-corrected chi connectivity index (χ0v) is 9.64. The topological polar surface area (TPSA) is 38.3 Å². The van der Waals surface area contributed by atoms with E-state index in [4.69, 9.17) is 4.84 Å². The second-order valence-electron chi connectivity index (χ2n) is 3.55. The van der Waals surface area contributed by atoms with E-state index in [1.807, 2.05) is 0 Å². The molecule has 0 radical (unpaired) electrons. The predicted molar refractivity (Wildman–Crippen MR) is 58.0 cm³/mol. The number of nitrogens with one attached hydrogen (secondary N) is 1. The minimum absolute atomic E-state index is 0.0266. The maximum Gasteiger partial charge on any atom is 0.120 e. The summed E-state index contributed by atoms with van der Waals surface area (Å²) in [5, 5.41) is 0. The SMILES string of the molecule is CCC(CC)(CC)ONCCCC=O. The number of rotatable bonds is 9. The Bertz CT molecular complexity index is 136. The Morgan fingerprint density at radius 1 is 1.21 bits per heavy atom. The maximum atomic E-state index is 10.1. The van der Waals surface area contributed by atoms with Crippen molar-refractivity contribution in [2.75, 3.05) is 6.54 Å². The smallest absolute Gasteiger partial charge is 0.120 e. The molecule has 0 fully saturated rings. The van der Waals surface area contributed by atoms with Crippen molar-refractivity contribution in [3.05, 3.63) is 0 Å². The van der Waals surface area contributed by atoms with Gasteiger partial charge in [-0.2, -0.15) is 0 Å². The van der Waals surface area contributed by atoms with Crippen molar-refractivity contribution in [2.24, 2.45) is 0 Å². The van der Waals surface area contributed by atoms with Crippen molar-refractivity contribution in [3.8, 4) is 0 Å². The van der Waals surface area contributed by atoms with E-state index in [-0.39, 0.29) is 5.60 Å². The van der Waals surface area contributed by atoms with Crippen LogP contribution in [0.25, 0.3) is 0 Å². The van der Waals surface area contributed by atoms with Crippen LogP contribution in [0.2, 0.25) is 0 Å². The third kappa shape index (κ3) is 4.72. The van der Waals surface area contributed by atoms with Crippen LogP contribution in [-0.4, -0.2) is 18.4 Å². The average molecular weight is 201 g/mol. The molecule has 0 aliphatic carbocycles. The van der Waals surface area contributed by atoms with Crippen LogP contribution >= 0.6 is 0 Å². The third-order valence-electron chi connectivity index (χ3n) is 2.82. The second-order valence-corrected chi connectivity index (χ2v) is 3.55. The summed E-state index contributed by atoms with van der Waals surface area (Å²) in [5.41, 5.74) is 2.93. The van der Waals surface area contributed by atoms with Crippen LogP contribution in [0.15, 0.2) is 0 Å². The number of carbonyl (C=O) groups excluding carboxylic acids is 1. The van der Waals surface area contributed by atoms with Crippen LogP contribution in [-0.2, 0) is 9.63 Å². The molecule has 0 rings (SSSR count). The molecule has 0 aliphatic heterocycles. The Morgan fingerprint density at radius 2 is 1.79 bits per heavy atom. The lowest BCUT2D eigenvalue weighted by molar-refractivity contribution is -0.115. The van der Waals surface area contributed by atoms with Crippen LogP contribution in [0.4, 0.5) is 0 Å². The number of aldehydes is 1. The molecular formula is C11H23NO2. The Labute approximate surface area is 87.2 Å². The Kier molecular flexibility index (Phi) is 7.71. The lowest BCUT2D eigenvalue weighted by Crippen LogP contribution is -2.36. The van der Waals surface area contributed by atoms with Crippen molar-refractivity contribution in [1.82, 2.24) is 5.48 Å². The normalized spacial score (nSPS) is 11.6. The number of carbonyl (C=O) groups is 1. The Morgan fingerprint density at radius 3 is 2.21 bits per heavy atom. The number of unbranched alkanes of at least 4 members (excludes halogenated alkanes) is 1. The first-order valence-electron chi connectivity index (χ1n) is 5.59. The molecule has 0 unspecified atom stereocenters. The van der Waals surface area contributed by atoms with E-state index in [0.29, 0.717) is 6.42 Å². The molecule has 0 aromatic heterocycles. The van der Waals surface area contributed by atoms with Gasteiger partial charge >= 0.3 is 0 Å². The van der Waals surface area contributed by atoms with Crippen molar-refractivity contribution >= 4 is 6.29 Å².